The van der Waals surface area contributed by atoms with Crippen LogP contribution in [-0.2, 0) is 30.1 Å². The van der Waals surface area contributed by atoms with Gasteiger partial charge in [-0.15, -0.1) is 0 Å². The summed E-state index contributed by atoms with van der Waals surface area (Å²) in [6.45, 7) is 24.9. The van der Waals surface area contributed by atoms with E-state index in [-0.39, 0.29) is 44.5 Å². The first-order valence-corrected chi connectivity index (χ1v) is 37.8. The molecule has 0 radical (unpaired) electrons. The molecule has 0 aromatic heterocycles. The second kappa shape index (κ2) is 18.9. The van der Waals surface area contributed by atoms with Crippen molar-refractivity contribution >= 4 is 98.5 Å². The molecule has 1 aliphatic rings. The van der Waals surface area contributed by atoms with Crippen molar-refractivity contribution in [2.45, 2.75) is 89.8 Å². The molecule has 10 nitrogen and oxygen atoms in total. The highest BCUT2D eigenvalue weighted by atomic mass is 28.3. The van der Waals surface area contributed by atoms with Crippen LogP contribution in [0.1, 0.15) is 74.8 Å². The van der Waals surface area contributed by atoms with Crippen molar-refractivity contribution in [1.82, 2.24) is 0 Å². The molecule has 0 unspecified atom stereocenters. The number of fused-ring (bicyclic) bond motifs is 4. The number of methoxy groups -OCH3 is 4. The molecule has 6 aromatic carbocycles. The molecule has 6 aromatic rings. The van der Waals surface area contributed by atoms with E-state index in [4.69, 9.17) is 18.9 Å². The molecular formula is C58H64O10Si4. The number of benzene rings is 6. The van der Waals surface area contributed by atoms with Crippen LogP contribution in [0.3, 0.4) is 0 Å². The third-order valence-electron chi connectivity index (χ3n) is 13.3. The third-order valence-corrected chi connectivity index (χ3v) is 21.4. The Morgan fingerprint density at radius 2 is 0.597 bits per heavy atom. The van der Waals surface area contributed by atoms with Gasteiger partial charge in [0.2, 0.25) is 0 Å². The van der Waals surface area contributed by atoms with E-state index in [2.05, 4.69) is 102 Å². The maximum absolute atomic E-state index is 14.3. The number of carbonyl (C=O) groups is 4. The molecule has 372 valence electrons. The van der Waals surface area contributed by atoms with Crippen molar-refractivity contribution in [3.05, 3.63) is 141 Å². The van der Waals surface area contributed by atoms with Crippen LogP contribution in [0.5, 0.6) is 0 Å². The van der Waals surface area contributed by atoms with Gasteiger partial charge in [-0.2, -0.15) is 0 Å². The summed E-state index contributed by atoms with van der Waals surface area (Å²) in [6.07, 6.45) is 0. The van der Waals surface area contributed by atoms with Crippen LogP contribution in [0, 0.1) is 23.7 Å². The van der Waals surface area contributed by atoms with Crippen molar-refractivity contribution in [2.75, 3.05) is 28.4 Å². The Bertz CT molecular complexity index is 3000. The third kappa shape index (κ3) is 9.10. The molecule has 72 heavy (non-hydrogen) atoms. The fourth-order valence-corrected chi connectivity index (χ4v) is 18.5. The van der Waals surface area contributed by atoms with E-state index in [1.165, 1.54) is 28.4 Å². The molecule has 0 atom stereocenters. The second-order valence-corrected chi connectivity index (χ2v) is 42.5. The molecular weight excluding hydrogens is 969 g/mol. The minimum atomic E-state index is -2.72. The Morgan fingerprint density at radius 1 is 0.389 bits per heavy atom. The molecule has 1 aliphatic carbocycles. The van der Waals surface area contributed by atoms with E-state index in [1.54, 1.807) is 0 Å². The summed E-state index contributed by atoms with van der Waals surface area (Å²) in [5.41, 5.74) is -1.95. The summed E-state index contributed by atoms with van der Waals surface area (Å²) >= 11 is 0. The van der Waals surface area contributed by atoms with E-state index in [9.17, 15) is 29.4 Å². The van der Waals surface area contributed by atoms with Crippen LogP contribution in [0.2, 0.25) is 78.6 Å². The minimum absolute atomic E-state index is 0.115. The largest absolute Gasteiger partial charge is 0.465 e. The molecule has 0 spiro atoms. The first-order chi connectivity index (χ1) is 33.5. The van der Waals surface area contributed by atoms with Gasteiger partial charge in [0.15, 0.2) is 11.2 Å². The van der Waals surface area contributed by atoms with Crippen LogP contribution in [0.15, 0.2) is 84.9 Å². The molecule has 0 saturated heterocycles. The Morgan fingerprint density at radius 3 is 0.778 bits per heavy atom. The van der Waals surface area contributed by atoms with Crippen molar-refractivity contribution in [2.24, 2.45) is 0 Å². The molecule has 0 aliphatic heterocycles. The second-order valence-electron chi connectivity index (χ2n) is 22.5. The predicted octanol–water partition coefficient (Wildman–Crippen LogP) is 8.21. The van der Waals surface area contributed by atoms with Crippen LogP contribution >= 0.6 is 0 Å². The van der Waals surface area contributed by atoms with Gasteiger partial charge in [0, 0.05) is 33.4 Å². The number of hydrogen-bond acceptors (Lipinski definition) is 10. The fourth-order valence-electron chi connectivity index (χ4n) is 10.5. The van der Waals surface area contributed by atoms with E-state index < -0.39 is 67.4 Å². The zero-order valence-corrected chi connectivity index (χ0v) is 48.2. The predicted molar refractivity (Wildman–Crippen MR) is 298 cm³/mol. The van der Waals surface area contributed by atoms with Crippen molar-refractivity contribution in [3.63, 3.8) is 0 Å². The van der Waals surface area contributed by atoms with Crippen LogP contribution < -0.4 is 20.7 Å². The molecule has 0 heterocycles. The van der Waals surface area contributed by atoms with E-state index >= 15 is 0 Å². The van der Waals surface area contributed by atoms with Gasteiger partial charge < -0.3 is 29.2 Å². The average molecular weight is 1030 g/mol. The van der Waals surface area contributed by atoms with Gasteiger partial charge in [0.25, 0.3) is 0 Å². The minimum Gasteiger partial charge on any atom is -0.465 e. The molecule has 0 fully saturated rings. The van der Waals surface area contributed by atoms with Crippen LogP contribution in [-0.4, -0.2) is 94.8 Å². The van der Waals surface area contributed by atoms with Gasteiger partial charge in [-0.3, -0.25) is 0 Å². The highest BCUT2D eigenvalue weighted by molar-refractivity contribution is 6.95. The summed E-state index contributed by atoms with van der Waals surface area (Å²) in [6, 6.07) is 25.8. The molecule has 0 saturated carbocycles. The molecule has 0 bridgehead atoms. The number of esters is 4. The standard InChI is InChI=1S/C58H64O10Si4/c1-65-53(59)45-46(54(60)66-2)50(70(8,9)10)38-32-42-41(31-37(38)49(45)69(5,6)7)57(63,29-27-35-23-19-17-20-24-35)43-33-39-40(34-44(43)58(42,64)30-28-36-25-21-18-22-26-36)52(72(14,15)16)48(56(62)68-4)47(55(61)67-3)51(39)71(11,12)13/h17-26,31-34,63-64H,1-16H3. The smallest absolute Gasteiger partial charge is 0.338 e. The summed E-state index contributed by atoms with van der Waals surface area (Å²) in [5.74, 6) is 10.3. The normalized spacial score (nSPS) is 16.6. The summed E-state index contributed by atoms with van der Waals surface area (Å²) in [5, 5.41) is 33.2. The number of rotatable bonds is 8. The van der Waals surface area contributed by atoms with E-state index in [1.807, 2.05) is 84.9 Å². The topological polar surface area (TPSA) is 146 Å². The van der Waals surface area contributed by atoms with Gasteiger partial charge in [0.05, 0.1) is 83.0 Å². The van der Waals surface area contributed by atoms with Gasteiger partial charge in [-0.1, -0.05) is 139 Å². The monoisotopic (exact) mass is 1030 g/mol. The first kappa shape index (κ1) is 53.4. The van der Waals surface area contributed by atoms with E-state index in [0.29, 0.717) is 53.4 Å². The number of carbonyl (C=O) groups excluding carboxylic acids is 4. The maximum atomic E-state index is 14.3. The Hall–Kier alpha value is -6.37. The quantitative estimate of drug-likeness (QED) is 0.0663. The highest BCUT2D eigenvalue weighted by Gasteiger charge is 2.51. The van der Waals surface area contributed by atoms with Gasteiger partial charge >= 0.3 is 23.9 Å². The number of ether oxygens (including phenoxy) is 4. The zero-order chi connectivity index (χ0) is 53.3. The van der Waals surface area contributed by atoms with Crippen LogP contribution in [0.4, 0.5) is 0 Å². The summed E-state index contributed by atoms with van der Waals surface area (Å²) in [4.78, 5) is 57.4. The lowest BCUT2D eigenvalue weighted by atomic mass is 9.66. The fraction of sp³-hybridized carbons (Fsp3) is 0.310. The van der Waals surface area contributed by atoms with Crippen LogP contribution in [0.25, 0.3) is 21.5 Å². The van der Waals surface area contributed by atoms with E-state index in [0.717, 1.165) is 0 Å². The summed E-state index contributed by atoms with van der Waals surface area (Å²) < 4.78 is 22.0. The van der Waals surface area contributed by atoms with Crippen molar-refractivity contribution < 1.29 is 48.3 Å². The number of hydrogen-bond donors (Lipinski definition) is 2. The average Bonchev–Trinajstić information content (AvgIpc) is 3.32. The lowest BCUT2D eigenvalue weighted by Gasteiger charge is -2.42. The maximum Gasteiger partial charge on any atom is 0.338 e. The summed E-state index contributed by atoms with van der Waals surface area (Å²) in [7, 11) is -5.75. The first-order valence-electron chi connectivity index (χ1n) is 23.8. The Kier molecular flexibility index (Phi) is 14.0. The molecule has 7 rings (SSSR count). The molecule has 14 heteroatoms. The lowest BCUT2D eigenvalue weighted by Crippen LogP contribution is -2.51. The molecule has 0 amide bonds. The Balaban J connectivity index is 1.89. The SMILES string of the molecule is COC(=O)c1c(C(=O)OC)c([Si](C)(C)C)c2cc3c(cc2c1[Si](C)(C)C)C(O)(C#Cc1ccccc1)c1cc2c([Si](C)(C)C)c(C(=O)OC)c(C(=O)OC)c([Si](C)(C)C)c2cc1C3(O)C#Cc1ccccc1. The van der Waals surface area contributed by atoms with Crippen molar-refractivity contribution in [1.29, 1.82) is 0 Å². The number of aliphatic hydroxyl groups is 2. The highest BCUT2D eigenvalue weighted by Crippen LogP contribution is 2.50. The van der Waals surface area contributed by atoms with Crippen molar-refractivity contribution in [3.8, 4) is 23.7 Å². The Labute approximate surface area is 427 Å². The van der Waals surface area contributed by atoms with Gasteiger partial charge in [-0.05, 0) is 90.8 Å². The lowest BCUT2D eigenvalue weighted by molar-refractivity contribution is 0.0558. The zero-order valence-electron chi connectivity index (χ0n) is 44.2. The van der Waals surface area contributed by atoms with Gasteiger partial charge in [0.1, 0.15) is 0 Å². The molecule has 2 N–H and O–H groups in total. The van der Waals surface area contributed by atoms with Gasteiger partial charge in [-0.25, -0.2) is 19.2 Å².